The summed E-state index contributed by atoms with van der Waals surface area (Å²) in [4.78, 5) is 5.04. The van der Waals surface area contributed by atoms with Gasteiger partial charge in [0.05, 0.1) is 21.5 Å². The molecule has 0 spiro atoms. The van der Waals surface area contributed by atoms with Crippen molar-refractivity contribution in [1.82, 2.24) is 4.98 Å². The summed E-state index contributed by atoms with van der Waals surface area (Å²) in [7, 11) is 0. The van der Waals surface area contributed by atoms with Crippen molar-refractivity contribution in [3.8, 4) is 10.8 Å². The lowest BCUT2D eigenvalue weighted by Crippen LogP contribution is -2.02. The third kappa shape index (κ3) is 1.82. The topological polar surface area (TPSA) is 52.0 Å². The summed E-state index contributed by atoms with van der Waals surface area (Å²) in [5, 5.41) is 0. The molecule has 0 fully saturated rings. The lowest BCUT2D eigenvalue weighted by molar-refractivity contribution is 0.489. The van der Waals surface area contributed by atoms with Crippen molar-refractivity contribution in [2.24, 2.45) is 5.73 Å². The van der Waals surface area contributed by atoms with Gasteiger partial charge in [0.1, 0.15) is 5.76 Å². The molecular weight excluding hydrogens is 220 g/mol. The van der Waals surface area contributed by atoms with Crippen molar-refractivity contribution in [2.75, 3.05) is 0 Å². The van der Waals surface area contributed by atoms with E-state index < -0.39 is 0 Å². The highest BCUT2D eigenvalue weighted by Crippen LogP contribution is 2.31. The Morgan fingerprint density at radius 3 is 2.86 bits per heavy atom. The van der Waals surface area contributed by atoms with Crippen LogP contribution in [0.4, 0.5) is 0 Å². The minimum atomic E-state index is -0.133. The Labute approximate surface area is 90.5 Å². The minimum absolute atomic E-state index is 0.133. The smallest absolute Gasteiger partial charge is 0.236 e. The van der Waals surface area contributed by atoms with E-state index in [2.05, 4.69) is 4.98 Å². The number of hydrogen-bond acceptors (Lipinski definition) is 4. The molecule has 2 rings (SSSR count). The van der Waals surface area contributed by atoms with Crippen LogP contribution in [0, 0.1) is 0 Å². The SMILES string of the molecule is CC(N)c1cnc(-c2ccc(Cl)s2)o1. The van der Waals surface area contributed by atoms with Crippen molar-refractivity contribution in [3.63, 3.8) is 0 Å². The maximum atomic E-state index is 5.80. The normalized spacial score (nSPS) is 13.1. The number of hydrogen-bond donors (Lipinski definition) is 1. The second-order valence-corrected chi connectivity index (χ2v) is 4.68. The zero-order valence-corrected chi connectivity index (χ0v) is 9.10. The van der Waals surface area contributed by atoms with Crippen LogP contribution in [0.15, 0.2) is 22.7 Å². The second kappa shape index (κ2) is 3.73. The van der Waals surface area contributed by atoms with Gasteiger partial charge >= 0.3 is 0 Å². The summed E-state index contributed by atoms with van der Waals surface area (Å²) in [6.07, 6.45) is 1.65. The van der Waals surface area contributed by atoms with Gasteiger partial charge in [-0.3, -0.25) is 0 Å². The lowest BCUT2D eigenvalue weighted by Gasteiger charge is -1.96. The Kier molecular flexibility index (Phi) is 2.58. The zero-order chi connectivity index (χ0) is 10.1. The molecule has 2 aromatic heterocycles. The maximum absolute atomic E-state index is 5.80. The van der Waals surface area contributed by atoms with Crippen LogP contribution < -0.4 is 5.73 Å². The minimum Gasteiger partial charge on any atom is -0.439 e. The summed E-state index contributed by atoms with van der Waals surface area (Å²) >= 11 is 7.24. The molecule has 0 aliphatic carbocycles. The lowest BCUT2D eigenvalue weighted by atomic mass is 10.3. The number of nitrogens with two attached hydrogens (primary N) is 1. The van der Waals surface area contributed by atoms with Gasteiger partial charge in [0.2, 0.25) is 5.89 Å². The first kappa shape index (κ1) is 9.71. The first-order chi connectivity index (χ1) is 6.66. The van der Waals surface area contributed by atoms with E-state index in [-0.39, 0.29) is 6.04 Å². The predicted molar refractivity (Wildman–Crippen MR) is 57.4 cm³/mol. The molecule has 0 amide bonds. The van der Waals surface area contributed by atoms with E-state index in [1.807, 2.05) is 19.1 Å². The van der Waals surface area contributed by atoms with E-state index in [9.17, 15) is 0 Å². The molecule has 2 aromatic rings. The van der Waals surface area contributed by atoms with Crippen LogP contribution in [-0.4, -0.2) is 4.98 Å². The summed E-state index contributed by atoms with van der Waals surface area (Å²) in [5.74, 6) is 1.26. The fourth-order valence-corrected chi connectivity index (χ4v) is 2.02. The maximum Gasteiger partial charge on any atom is 0.236 e. The molecule has 5 heteroatoms. The van der Waals surface area contributed by atoms with Crippen LogP contribution >= 0.6 is 22.9 Å². The Morgan fingerprint density at radius 2 is 2.36 bits per heavy atom. The quantitative estimate of drug-likeness (QED) is 0.860. The molecule has 74 valence electrons. The highest BCUT2D eigenvalue weighted by atomic mass is 35.5. The van der Waals surface area contributed by atoms with Gasteiger partial charge in [-0.25, -0.2) is 4.98 Å². The highest BCUT2D eigenvalue weighted by Gasteiger charge is 2.10. The molecule has 0 aliphatic rings. The molecule has 1 unspecified atom stereocenters. The number of halogens is 1. The van der Waals surface area contributed by atoms with Gasteiger partial charge in [-0.2, -0.15) is 0 Å². The molecule has 0 saturated carbocycles. The van der Waals surface area contributed by atoms with E-state index in [0.29, 0.717) is 11.7 Å². The van der Waals surface area contributed by atoms with Gasteiger partial charge in [-0.15, -0.1) is 11.3 Å². The molecule has 2 heterocycles. The Morgan fingerprint density at radius 1 is 1.57 bits per heavy atom. The van der Waals surface area contributed by atoms with Crippen LogP contribution in [0.25, 0.3) is 10.8 Å². The van der Waals surface area contributed by atoms with Crippen LogP contribution in [0.1, 0.15) is 18.7 Å². The van der Waals surface area contributed by atoms with Gasteiger partial charge in [0, 0.05) is 0 Å². The Balaban J connectivity index is 2.33. The van der Waals surface area contributed by atoms with Crippen molar-refractivity contribution < 1.29 is 4.42 Å². The average Bonchev–Trinajstić information content (AvgIpc) is 2.70. The van der Waals surface area contributed by atoms with Crippen molar-refractivity contribution >= 4 is 22.9 Å². The van der Waals surface area contributed by atoms with E-state index in [1.165, 1.54) is 11.3 Å². The molecule has 0 aliphatic heterocycles. The molecule has 2 N–H and O–H groups in total. The number of oxazole rings is 1. The average molecular weight is 229 g/mol. The summed E-state index contributed by atoms with van der Waals surface area (Å²) < 4.78 is 6.18. The van der Waals surface area contributed by atoms with Gasteiger partial charge in [-0.1, -0.05) is 11.6 Å². The van der Waals surface area contributed by atoms with Gasteiger partial charge in [0.15, 0.2) is 0 Å². The zero-order valence-electron chi connectivity index (χ0n) is 7.53. The third-order valence-electron chi connectivity index (χ3n) is 1.76. The van der Waals surface area contributed by atoms with Gasteiger partial charge in [0.25, 0.3) is 0 Å². The van der Waals surface area contributed by atoms with E-state index in [4.69, 9.17) is 21.8 Å². The Bertz CT molecular complexity index is 435. The molecule has 0 bridgehead atoms. The largest absolute Gasteiger partial charge is 0.439 e. The monoisotopic (exact) mass is 228 g/mol. The summed E-state index contributed by atoms with van der Waals surface area (Å²) in [5.41, 5.74) is 5.65. The summed E-state index contributed by atoms with van der Waals surface area (Å²) in [6, 6.07) is 3.56. The number of nitrogens with zero attached hydrogens (tertiary/aromatic N) is 1. The van der Waals surface area contributed by atoms with E-state index in [0.717, 1.165) is 9.21 Å². The molecule has 0 radical (unpaired) electrons. The molecule has 0 saturated heterocycles. The van der Waals surface area contributed by atoms with Crippen LogP contribution in [-0.2, 0) is 0 Å². The molecular formula is C9H9ClN2OS. The fourth-order valence-electron chi connectivity index (χ4n) is 1.04. The number of rotatable bonds is 2. The van der Waals surface area contributed by atoms with Gasteiger partial charge in [-0.05, 0) is 19.1 Å². The number of aromatic nitrogens is 1. The highest BCUT2D eigenvalue weighted by molar-refractivity contribution is 7.19. The van der Waals surface area contributed by atoms with Crippen molar-refractivity contribution in [2.45, 2.75) is 13.0 Å². The van der Waals surface area contributed by atoms with Gasteiger partial charge < -0.3 is 10.2 Å². The molecule has 14 heavy (non-hydrogen) atoms. The fraction of sp³-hybridized carbons (Fsp3) is 0.222. The van der Waals surface area contributed by atoms with Crippen molar-refractivity contribution in [3.05, 3.63) is 28.4 Å². The van der Waals surface area contributed by atoms with Crippen LogP contribution in [0.5, 0.6) is 0 Å². The second-order valence-electron chi connectivity index (χ2n) is 2.96. The van der Waals surface area contributed by atoms with Crippen LogP contribution in [0.3, 0.4) is 0 Å². The Hall–Kier alpha value is -0.840. The number of thiophene rings is 1. The molecule has 1 atom stereocenters. The first-order valence-electron chi connectivity index (χ1n) is 4.14. The third-order valence-corrected chi connectivity index (χ3v) is 2.98. The van der Waals surface area contributed by atoms with Crippen LogP contribution in [0.2, 0.25) is 4.34 Å². The summed E-state index contributed by atoms with van der Waals surface area (Å²) in [6.45, 7) is 1.85. The predicted octanol–water partition coefficient (Wildman–Crippen LogP) is 3.08. The first-order valence-corrected chi connectivity index (χ1v) is 5.33. The van der Waals surface area contributed by atoms with E-state index >= 15 is 0 Å². The molecule has 0 aromatic carbocycles. The van der Waals surface area contributed by atoms with E-state index in [1.54, 1.807) is 6.20 Å². The standard InChI is InChI=1S/C9H9ClN2OS/c1-5(11)6-4-12-9(13-6)7-2-3-8(10)14-7/h2-5H,11H2,1H3. The molecule has 3 nitrogen and oxygen atoms in total. The van der Waals surface area contributed by atoms with Crippen molar-refractivity contribution in [1.29, 1.82) is 0 Å².